The van der Waals surface area contributed by atoms with Crippen LogP contribution in [0.4, 0.5) is 0 Å². The lowest BCUT2D eigenvalue weighted by molar-refractivity contribution is -0.130. The number of pyridine rings is 1. The third-order valence-electron chi connectivity index (χ3n) is 4.95. The number of methoxy groups -OCH3 is 1. The van der Waals surface area contributed by atoms with E-state index in [-0.39, 0.29) is 17.0 Å². The number of hydrogen-bond acceptors (Lipinski definition) is 7. The number of aromatic nitrogens is 2. The Kier molecular flexibility index (Phi) is 6.14. The van der Waals surface area contributed by atoms with E-state index in [1.807, 2.05) is 6.07 Å². The highest BCUT2D eigenvalue weighted by molar-refractivity contribution is 6.02. The number of carbonyl (C=O) groups excluding carboxylic acids is 1. The van der Waals surface area contributed by atoms with Crippen LogP contribution in [-0.4, -0.2) is 53.6 Å². The highest BCUT2D eigenvalue weighted by Gasteiger charge is 2.23. The van der Waals surface area contributed by atoms with Crippen molar-refractivity contribution in [2.75, 3.05) is 33.4 Å². The number of nitriles is 1. The summed E-state index contributed by atoms with van der Waals surface area (Å²) >= 11 is 0. The van der Waals surface area contributed by atoms with Crippen LogP contribution in [0, 0.1) is 11.3 Å². The van der Waals surface area contributed by atoms with Crippen molar-refractivity contribution in [2.24, 2.45) is 0 Å². The fourth-order valence-electron chi connectivity index (χ4n) is 3.31. The van der Waals surface area contributed by atoms with Gasteiger partial charge in [-0.05, 0) is 30.3 Å². The highest BCUT2D eigenvalue weighted by Crippen LogP contribution is 2.31. The Balaban J connectivity index is 1.85. The summed E-state index contributed by atoms with van der Waals surface area (Å²) in [6.45, 7) is 1.54. The van der Waals surface area contributed by atoms with Gasteiger partial charge in [0.15, 0.2) is 11.5 Å². The molecule has 2 aromatic heterocycles. The van der Waals surface area contributed by atoms with E-state index in [1.165, 1.54) is 22.5 Å². The molecule has 32 heavy (non-hydrogen) atoms. The maximum atomic E-state index is 13.3. The molecule has 1 aromatic carbocycles. The summed E-state index contributed by atoms with van der Waals surface area (Å²) in [5, 5.41) is 9.67. The van der Waals surface area contributed by atoms with E-state index in [0.29, 0.717) is 43.4 Å². The second-order valence-corrected chi connectivity index (χ2v) is 6.89. The number of nitrogens with zero attached hydrogens (tertiary/aromatic N) is 4. The van der Waals surface area contributed by atoms with Gasteiger partial charge in [-0.15, -0.1) is 0 Å². The summed E-state index contributed by atoms with van der Waals surface area (Å²) in [6, 6.07) is 13.9. The number of hydrogen-bond donors (Lipinski definition) is 0. The number of benzene rings is 1. The average Bonchev–Trinajstić information content (AvgIpc) is 2.84. The zero-order chi connectivity index (χ0) is 22.5. The van der Waals surface area contributed by atoms with Gasteiger partial charge < -0.3 is 19.1 Å². The quantitative estimate of drug-likeness (QED) is 0.450. The Hall–Kier alpha value is -4.16. The Labute approximate surface area is 183 Å². The normalized spacial score (nSPS) is 14.1. The van der Waals surface area contributed by atoms with E-state index in [1.54, 1.807) is 48.7 Å². The van der Waals surface area contributed by atoms with Crippen molar-refractivity contribution in [1.29, 1.82) is 5.26 Å². The molecule has 4 rings (SSSR count). The number of ether oxygens (including phenoxy) is 3. The van der Waals surface area contributed by atoms with Crippen molar-refractivity contribution < 1.29 is 19.0 Å². The molecule has 1 aliphatic heterocycles. The molecule has 9 heteroatoms. The number of carbonyl (C=O) groups is 1. The molecule has 3 aromatic rings. The van der Waals surface area contributed by atoms with Gasteiger partial charge in [0.25, 0.3) is 11.5 Å². The molecule has 0 bridgehead atoms. The summed E-state index contributed by atoms with van der Waals surface area (Å²) in [6.07, 6.45) is 2.79. The molecule has 0 unspecified atom stereocenters. The lowest BCUT2D eigenvalue weighted by atomic mass is 10.1. The van der Waals surface area contributed by atoms with Crippen molar-refractivity contribution >= 4 is 17.6 Å². The van der Waals surface area contributed by atoms with Crippen molar-refractivity contribution in [1.82, 2.24) is 14.3 Å². The van der Waals surface area contributed by atoms with Gasteiger partial charge in [0, 0.05) is 19.3 Å². The first-order valence-corrected chi connectivity index (χ1v) is 9.93. The van der Waals surface area contributed by atoms with E-state index < -0.39 is 11.5 Å². The van der Waals surface area contributed by atoms with Gasteiger partial charge in [-0.1, -0.05) is 18.2 Å². The van der Waals surface area contributed by atoms with E-state index >= 15 is 0 Å². The van der Waals surface area contributed by atoms with Crippen LogP contribution in [0.25, 0.3) is 11.7 Å². The second-order valence-electron chi connectivity index (χ2n) is 6.89. The zero-order valence-corrected chi connectivity index (χ0v) is 17.4. The van der Waals surface area contributed by atoms with E-state index in [2.05, 4.69) is 4.98 Å². The van der Waals surface area contributed by atoms with Gasteiger partial charge in [-0.25, -0.2) is 0 Å². The molecule has 162 valence electrons. The predicted octanol–water partition coefficient (Wildman–Crippen LogP) is 2.26. The third-order valence-corrected chi connectivity index (χ3v) is 4.95. The lowest BCUT2D eigenvalue weighted by Gasteiger charge is -2.26. The monoisotopic (exact) mass is 432 g/mol. The van der Waals surface area contributed by atoms with Crippen molar-refractivity contribution in [2.45, 2.75) is 0 Å². The molecule has 0 radical (unpaired) electrons. The summed E-state index contributed by atoms with van der Waals surface area (Å²) in [5.41, 5.74) is -0.315. The van der Waals surface area contributed by atoms with Crippen LogP contribution in [0.15, 0.2) is 59.0 Å². The number of amides is 1. The molecule has 0 atom stereocenters. The standard InChI is InChI=1S/C23H20N4O5/c1-30-18-6-2-3-7-19(18)32-21-17(23(29)27-9-5-4-8-20(27)25-21)14-16(15-24)22(28)26-10-12-31-13-11-26/h2-9,14H,10-13H2,1H3/b16-14+. The Morgan fingerprint density at radius 3 is 2.59 bits per heavy atom. The number of fused-ring (bicyclic) bond motifs is 1. The molecule has 3 heterocycles. The van der Waals surface area contributed by atoms with Crippen molar-refractivity contribution in [3.63, 3.8) is 0 Å². The van der Waals surface area contributed by atoms with Crippen LogP contribution in [0.3, 0.4) is 0 Å². The predicted molar refractivity (Wildman–Crippen MR) is 116 cm³/mol. The molecule has 0 spiro atoms. The largest absolute Gasteiger partial charge is 0.493 e. The third kappa shape index (κ3) is 4.17. The number of rotatable bonds is 5. The maximum absolute atomic E-state index is 13.3. The minimum atomic E-state index is -0.475. The first-order chi connectivity index (χ1) is 15.6. The fourth-order valence-corrected chi connectivity index (χ4v) is 3.31. The van der Waals surface area contributed by atoms with Gasteiger partial charge in [0.05, 0.1) is 20.3 Å². The van der Waals surface area contributed by atoms with Crippen LogP contribution in [-0.2, 0) is 9.53 Å². The van der Waals surface area contributed by atoms with Crippen LogP contribution in [0.2, 0.25) is 0 Å². The SMILES string of the molecule is COc1ccccc1Oc1nc2ccccn2c(=O)c1/C=C(\C#N)C(=O)N1CCOCC1. The van der Waals surface area contributed by atoms with Crippen LogP contribution >= 0.6 is 0 Å². The molecule has 1 aliphatic rings. The molecule has 0 N–H and O–H groups in total. The summed E-state index contributed by atoms with van der Waals surface area (Å²) in [4.78, 5) is 32.1. The van der Waals surface area contributed by atoms with Gasteiger partial charge in [-0.2, -0.15) is 10.2 Å². The zero-order valence-electron chi connectivity index (χ0n) is 17.4. The Bertz CT molecular complexity index is 1290. The molecule has 1 amide bonds. The van der Waals surface area contributed by atoms with E-state index in [4.69, 9.17) is 14.2 Å². The molecule has 1 saturated heterocycles. The van der Waals surface area contributed by atoms with Crippen molar-refractivity contribution in [3.8, 4) is 23.4 Å². The molecular weight excluding hydrogens is 412 g/mol. The summed E-state index contributed by atoms with van der Waals surface area (Å²) in [7, 11) is 1.50. The molecular formula is C23H20N4O5. The second kappa shape index (κ2) is 9.32. The smallest absolute Gasteiger partial charge is 0.269 e. The Morgan fingerprint density at radius 2 is 1.88 bits per heavy atom. The highest BCUT2D eigenvalue weighted by atomic mass is 16.5. The lowest BCUT2D eigenvalue weighted by Crippen LogP contribution is -2.41. The molecule has 0 saturated carbocycles. The molecule has 9 nitrogen and oxygen atoms in total. The molecule has 1 fully saturated rings. The van der Waals surface area contributed by atoms with E-state index in [9.17, 15) is 14.9 Å². The summed E-state index contributed by atoms with van der Waals surface area (Å²) in [5.74, 6) is 0.280. The Morgan fingerprint density at radius 1 is 1.16 bits per heavy atom. The minimum absolute atomic E-state index is 0.0160. The minimum Gasteiger partial charge on any atom is -0.493 e. The molecule has 0 aliphatic carbocycles. The number of morpholine rings is 1. The maximum Gasteiger partial charge on any atom is 0.269 e. The fraction of sp³-hybridized carbons (Fsp3) is 0.217. The topological polar surface area (TPSA) is 106 Å². The van der Waals surface area contributed by atoms with Crippen molar-refractivity contribution in [3.05, 3.63) is 70.2 Å². The van der Waals surface area contributed by atoms with Crippen LogP contribution < -0.4 is 15.0 Å². The van der Waals surface area contributed by atoms with Crippen LogP contribution in [0.5, 0.6) is 17.4 Å². The number of para-hydroxylation sites is 2. The van der Waals surface area contributed by atoms with Gasteiger partial charge in [0.1, 0.15) is 22.9 Å². The van der Waals surface area contributed by atoms with Crippen LogP contribution in [0.1, 0.15) is 5.56 Å². The van der Waals surface area contributed by atoms with Gasteiger partial charge >= 0.3 is 0 Å². The van der Waals surface area contributed by atoms with Gasteiger partial charge in [-0.3, -0.25) is 14.0 Å². The van der Waals surface area contributed by atoms with Gasteiger partial charge in [0.2, 0.25) is 5.88 Å². The first kappa shape index (κ1) is 21.1. The first-order valence-electron chi connectivity index (χ1n) is 9.93. The van der Waals surface area contributed by atoms with E-state index in [0.717, 1.165) is 0 Å². The average molecular weight is 432 g/mol. The summed E-state index contributed by atoms with van der Waals surface area (Å²) < 4.78 is 17.9.